The number of benzene rings is 3. The molecule has 0 bridgehead atoms. The second kappa shape index (κ2) is 13.3. The zero-order valence-electron chi connectivity index (χ0n) is 23.5. The Labute approximate surface area is 235 Å². The van der Waals surface area contributed by atoms with E-state index in [4.69, 9.17) is 9.47 Å². The van der Waals surface area contributed by atoms with Crippen molar-refractivity contribution in [1.82, 2.24) is 9.80 Å². The minimum Gasteiger partial charge on any atom is -0.497 e. The maximum Gasteiger partial charge on any atom is 0.323 e. The molecule has 0 aliphatic carbocycles. The number of amides is 3. The minimum atomic E-state index is -0.469. The molecule has 3 N–H and O–H groups in total. The highest BCUT2D eigenvalue weighted by atomic mass is 16.5. The Morgan fingerprint density at radius 3 is 2.50 bits per heavy atom. The molecule has 1 aliphatic heterocycles. The predicted octanol–water partition coefficient (Wildman–Crippen LogP) is 4.69. The highest BCUT2D eigenvalue weighted by molar-refractivity contribution is 6.04. The van der Waals surface area contributed by atoms with Crippen LogP contribution in [-0.4, -0.2) is 72.8 Å². The number of fused-ring (bicyclic) bond motifs is 1. The van der Waals surface area contributed by atoms with Gasteiger partial charge in [0.1, 0.15) is 11.9 Å². The van der Waals surface area contributed by atoms with Crippen LogP contribution < -0.4 is 20.1 Å². The normalized spacial score (nSPS) is 17.8. The molecule has 9 heteroatoms. The molecule has 0 unspecified atom stereocenters. The summed E-state index contributed by atoms with van der Waals surface area (Å²) in [6.45, 7) is 5.48. The topological polar surface area (TPSA) is 103 Å². The highest BCUT2D eigenvalue weighted by Crippen LogP contribution is 2.35. The van der Waals surface area contributed by atoms with Crippen molar-refractivity contribution in [3.63, 3.8) is 0 Å². The van der Waals surface area contributed by atoms with Gasteiger partial charge in [-0.05, 0) is 55.9 Å². The van der Waals surface area contributed by atoms with Gasteiger partial charge in [-0.1, -0.05) is 43.3 Å². The summed E-state index contributed by atoms with van der Waals surface area (Å²) in [4.78, 5) is 30.5. The molecule has 3 aromatic carbocycles. The molecule has 0 saturated heterocycles. The molecule has 9 nitrogen and oxygen atoms in total. The van der Waals surface area contributed by atoms with Crippen molar-refractivity contribution in [3.8, 4) is 11.5 Å². The lowest BCUT2D eigenvalue weighted by Gasteiger charge is -2.38. The molecular formula is C31H38N4O5. The van der Waals surface area contributed by atoms with Crippen LogP contribution >= 0.6 is 0 Å². The number of para-hydroxylation sites is 1. The summed E-state index contributed by atoms with van der Waals surface area (Å²) in [6.07, 6.45) is -0.290. The molecule has 4 rings (SSSR count). The number of aliphatic hydroxyl groups excluding tert-OH is 1. The summed E-state index contributed by atoms with van der Waals surface area (Å²) in [5, 5.41) is 15.6. The predicted molar refractivity (Wildman–Crippen MR) is 156 cm³/mol. The number of aliphatic hydroxyl groups is 1. The summed E-state index contributed by atoms with van der Waals surface area (Å²) in [5.41, 5.74) is 2.50. The van der Waals surface area contributed by atoms with Gasteiger partial charge in [0.25, 0.3) is 5.91 Å². The second-order valence-corrected chi connectivity index (χ2v) is 10.3. The SMILES string of the molecule is COc1ccc(NC(=O)Nc2cccc3c2O[C@H](CN(C)Cc2ccccc2)[C@H](C)CN([C@H](C)CO)C3=O)cc1. The van der Waals surface area contributed by atoms with Crippen LogP contribution in [0.5, 0.6) is 11.5 Å². The molecule has 40 heavy (non-hydrogen) atoms. The number of carbonyl (C=O) groups excluding carboxylic acids is 2. The van der Waals surface area contributed by atoms with Gasteiger partial charge in [-0.2, -0.15) is 0 Å². The Morgan fingerprint density at radius 2 is 1.82 bits per heavy atom. The van der Waals surface area contributed by atoms with Gasteiger partial charge in [-0.25, -0.2) is 4.79 Å². The lowest BCUT2D eigenvalue weighted by molar-refractivity contribution is 0.0343. The monoisotopic (exact) mass is 546 g/mol. The van der Waals surface area contributed by atoms with Crippen LogP contribution in [0, 0.1) is 5.92 Å². The van der Waals surface area contributed by atoms with E-state index in [1.165, 1.54) is 5.56 Å². The van der Waals surface area contributed by atoms with Crippen molar-refractivity contribution >= 4 is 23.3 Å². The third-order valence-electron chi connectivity index (χ3n) is 7.07. The van der Waals surface area contributed by atoms with E-state index in [9.17, 15) is 14.7 Å². The summed E-state index contributed by atoms with van der Waals surface area (Å²) < 4.78 is 11.8. The Hall–Kier alpha value is -4.08. The second-order valence-electron chi connectivity index (χ2n) is 10.3. The lowest BCUT2D eigenvalue weighted by Crippen LogP contribution is -2.49. The van der Waals surface area contributed by atoms with Crippen molar-refractivity contribution in [2.24, 2.45) is 5.92 Å². The number of hydrogen-bond acceptors (Lipinski definition) is 6. The Balaban J connectivity index is 1.61. The molecule has 0 aromatic heterocycles. The first-order chi connectivity index (χ1) is 19.3. The first kappa shape index (κ1) is 28.9. The van der Waals surface area contributed by atoms with Crippen molar-refractivity contribution in [2.45, 2.75) is 32.5 Å². The molecular weight excluding hydrogens is 508 g/mol. The fourth-order valence-corrected chi connectivity index (χ4v) is 4.79. The van der Waals surface area contributed by atoms with E-state index in [0.29, 0.717) is 41.5 Å². The molecule has 1 heterocycles. The largest absolute Gasteiger partial charge is 0.497 e. The maximum atomic E-state index is 13.7. The number of urea groups is 1. The standard InChI is InChI=1S/C31H38N4O5/c1-21-17-35(22(2)20-36)30(37)26-11-8-12-27(33-31(38)32-24-13-15-25(39-4)16-14-24)29(26)40-28(21)19-34(3)18-23-9-6-5-7-10-23/h5-16,21-22,28,36H,17-20H2,1-4H3,(H2,32,33,38)/t21-,22-,28-/m1/s1. The number of nitrogens with zero attached hydrogens (tertiary/aromatic N) is 2. The lowest BCUT2D eigenvalue weighted by atomic mass is 9.99. The van der Waals surface area contributed by atoms with Crippen LogP contribution in [-0.2, 0) is 6.54 Å². The van der Waals surface area contributed by atoms with Crippen LogP contribution in [0.25, 0.3) is 0 Å². The Kier molecular flexibility index (Phi) is 9.63. The third kappa shape index (κ3) is 7.11. The van der Waals surface area contributed by atoms with Crippen molar-refractivity contribution in [2.75, 3.05) is 44.5 Å². The van der Waals surface area contributed by atoms with E-state index < -0.39 is 6.03 Å². The summed E-state index contributed by atoms with van der Waals surface area (Å²) in [6, 6.07) is 21.5. The zero-order chi connectivity index (χ0) is 28.6. The van der Waals surface area contributed by atoms with Crippen LogP contribution in [0.3, 0.4) is 0 Å². The third-order valence-corrected chi connectivity index (χ3v) is 7.07. The molecule has 3 aromatic rings. The maximum absolute atomic E-state index is 13.7. The first-order valence-electron chi connectivity index (χ1n) is 13.4. The molecule has 0 radical (unpaired) electrons. The fraction of sp³-hybridized carbons (Fsp3) is 0.355. The van der Waals surface area contributed by atoms with E-state index in [-0.39, 0.29) is 30.6 Å². The molecule has 3 amide bonds. The summed E-state index contributed by atoms with van der Waals surface area (Å²) >= 11 is 0. The average Bonchev–Trinajstić information content (AvgIpc) is 2.95. The van der Waals surface area contributed by atoms with Gasteiger partial charge < -0.3 is 30.1 Å². The van der Waals surface area contributed by atoms with E-state index in [2.05, 4.69) is 27.7 Å². The van der Waals surface area contributed by atoms with E-state index >= 15 is 0 Å². The highest BCUT2D eigenvalue weighted by Gasteiger charge is 2.34. The van der Waals surface area contributed by atoms with Crippen LogP contribution in [0.15, 0.2) is 72.8 Å². The number of rotatable bonds is 9. The number of methoxy groups -OCH3 is 1. The van der Waals surface area contributed by atoms with Gasteiger partial charge in [-0.3, -0.25) is 9.69 Å². The van der Waals surface area contributed by atoms with Gasteiger partial charge in [-0.15, -0.1) is 0 Å². The van der Waals surface area contributed by atoms with Gasteiger partial charge >= 0.3 is 6.03 Å². The van der Waals surface area contributed by atoms with Crippen molar-refractivity contribution in [3.05, 3.63) is 83.9 Å². The number of ether oxygens (including phenoxy) is 2. The quantitative estimate of drug-likeness (QED) is 0.360. The Morgan fingerprint density at radius 1 is 1.10 bits per heavy atom. The molecule has 0 saturated carbocycles. The molecule has 0 fully saturated rings. The minimum absolute atomic E-state index is 0.0505. The molecule has 3 atom stereocenters. The van der Waals surface area contributed by atoms with Crippen molar-refractivity contribution in [1.29, 1.82) is 0 Å². The number of anilines is 2. The van der Waals surface area contributed by atoms with E-state index in [1.54, 1.807) is 54.5 Å². The van der Waals surface area contributed by atoms with Crippen LogP contribution in [0.4, 0.5) is 16.2 Å². The van der Waals surface area contributed by atoms with Gasteiger partial charge in [0.05, 0.1) is 31.0 Å². The van der Waals surface area contributed by atoms with E-state index in [1.807, 2.05) is 39.1 Å². The zero-order valence-corrected chi connectivity index (χ0v) is 23.5. The molecule has 0 spiro atoms. The van der Waals surface area contributed by atoms with Crippen molar-refractivity contribution < 1.29 is 24.2 Å². The van der Waals surface area contributed by atoms with E-state index in [0.717, 1.165) is 6.54 Å². The van der Waals surface area contributed by atoms with Gasteiger partial charge in [0.2, 0.25) is 0 Å². The Bertz CT molecular complexity index is 1280. The fourth-order valence-electron chi connectivity index (χ4n) is 4.79. The molecule has 212 valence electrons. The average molecular weight is 547 g/mol. The smallest absolute Gasteiger partial charge is 0.323 e. The van der Waals surface area contributed by atoms with Crippen LogP contribution in [0.1, 0.15) is 29.8 Å². The summed E-state index contributed by atoms with van der Waals surface area (Å²) in [7, 11) is 3.62. The van der Waals surface area contributed by atoms with Gasteiger partial charge in [0.15, 0.2) is 5.75 Å². The molecule has 1 aliphatic rings. The number of carbonyl (C=O) groups is 2. The number of likely N-dealkylation sites (N-methyl/N-ethyl adjacent to an activating group) is 1. The van der Waals surface area contributed by atoms with Crippen LogP contribution in [0.2, 0.25) is 0 Å². The first-order valence-corrected chi connectivity index (χ1v) is 13.4. The number of hydrogen-bond donors (Lipinski definition) is 3. The summed E-state index contributed by atoms with van der Waals surface area (Å²) in [5.74, 6) is 0.697. The van der Waals surface area contributed by atoms with Gasteiger partial charge in [0, 0.05) is 31.2 Å². The number of nitrogens with one attached hydrogen (secondary N) is 2.